The van der Waals surface area contributed by atoms with Gasteiger partial charge in [0.25, 0.3) is 0 Å². The van der Waals surface area contributed by atoms with Crippen LogP contribution < -0.4 is 5.32 Å². The molecule has 0 radical (unpaired) electrons. The van der Waals surface area contributed by atoms with Crippen molar-refractivity contribution in [3.8, 4) is 0 Å². The van der Waals surface area contributed by atoms with Gasteiger partial charge in [-0.25, -0.2) is 0 Å². The number of nitrogens with zero attached hydrogens (tertiary/aromatic N) is 1. The van der Waals surface area contributed by atoms with E-state index in [1.54, 1.807) is 6.08 Å². The van der Waals surface area contributed by atoms with Gasteiger partial charge in [0.15, 0.2) is 0 Å². The summed E-state index contributed by atoms with van der Waals surface area (Å²) in [6, 6.07) is 0. The Kier molecular flexibility index (Phi) is 4.96. The van der Waals surface area contributed by atoms with E-state index in [2.05, 4.69) is 23.8 Å². The first-order valence-electron chi connectivity index (χ1n) is 5.77. The van der Waals surface area contributed by atoms with Crippen LogP contribution in [0, 0.1) is 0 Å². The number of carbonyl (C=O) groups excluding carboxylic acids is 1. The van der Waals surface area contributed by atoms with Gasteiger partial charge in [0.2, 0.25) is 0 Å². The second-order valence-electron chi connectivity index (χ2n) is 4.40. The number of nitrogens with one attached hydrogen (secondary N) is 1. The third-order valence-corrected chi connectivity index (χ3v) is 3.22. The summed E-state index contributed by atoms with van der Waals surface area (Å²) in [6.07, 6.45) is 4.41. The molecule has 1 aliphatic heterocycles. The van der Waals surface area contributed by atoms with Crippen LogP contribution in [-0.4, -0.2) is 50.2 Å². The zero-order valence-electron chi connectivity index (χ0n) is 10.3. The molecule has 1 saturated heterocycles. The fraction of sp³-hybridized carbons (Fsp3) is 0.750. The third kappa shape index (κ3) is 3.06. The van der Waals surface area contributed by atoms with Gasteiger partial charge in [0.1, 0.15) is 5.54 Å². The van der Waals surface area contributed by atoms with Crippen molar-refractivity contribution in [2.24, 2.45) is 0 Å². The molecule has 4 heteroatoms. The Hall–Kier alpha value is -0.870. The molecule has 1 heterocycles. The zero-order valence-corrected chi connectivity index (χ0v) is 10.3. The van der Waals surface area contributed by atoms with E-state index in [0.717, 1.165) is 32.4 Å². The van der Waals surface area contributed by atoms with Crippen molar-refractivity contribution >= 4 is 5.97 Å². The van der Waals surface area contributed by atoms with Crippen LogP contribution in [0.1, 0.15) is 19.3 Å². The summed E-state index contributed by atoms with van der Waals surface area (Å²) in [6.45, 7) is 6.26. The highest BCUT2D eigenvalue weighted by Gasteiger charge is 2.39. The first-order chi connectivity index (χ1) is 7.64. The molecule has 92 valence electrons. The Morgan fingerprint density at radius 3 is 2.94 bits per heavy atom. The normalized spacial score (nSPS) is 27.1. The average molecular weight is 226 g/mol. The van der Waals surface area contributed by atoms with Crippen LogP contribution in [0.2, 0.25) is 0 Å². The number of esters is 1. The molecule has 1 aliphatic rings. The van der Waals surface area contributed by atoms with Crippen LogP contribution in [0.4, 0.5) is 0 Å². The van der Waals surface area contributed by atoms with E-state index < -0.39 is 5.54 Å². The molecular weight excluding hydrogens is 204 g/mol. The van der Waals surface area contributed by atoms with Gasteiger partial charge in [-0.15, -0.1) is 6.58 Å². The number of rotatable bonds is 4. The van der Waals surface area contributed by atoms with Gasteiger partial charge >= 0.3 is 5.97 Å². The van der Waals surface area contributed by atoms with Gasteiger partial charge < -0.3 is 9.64 Å². The predicted octanol–water partition coefficient (Wildman–Crippen LogP) is 0.789. The van der Waals surface area contributed by atoms with Crippen LogP contribution in [0.15, 0.2) is 12.7 Å². The Balaban J connectivity index is 2.75. The van der Waals surface area contributed by atoms with Gasteiger partial charge in [-0.3, -0.25) is 10.1 Å². The van der Waals surface area contributed by atoms with Crippen LogP contribution in [0.5, 0.6) is 0 Å². The highest BCUT2D eigenvalue weighted by Crippen LogP contribution is 2.23. The topological polar surface area (TPSA) is 41.6 Å². The summed E-state index contributed by atoms with van der Waals surface area (Å²) >= 11 is 0. The molecule has 0 spiro atoms. The van der Waals surface area contributed by atoms with Crippen molar-refractivity contribution in [2.75, 3.05) is 33.8 Å². The maximum Gasteiger partial charge on any atom is 0.326 e. The standard InChI is InChI=1S/C12H22N2O2/c1-4-8-13-12(11(15)16-3)6-5-9-14(2)10-7-12/h4,13H,1,5-10H2,2-3H3. The maximum atomic E-state index is 11.9. The van der Waals surface area contributed by atoms with Crippen molar-refractivity contribution in [3.63, 3.8) is 0 Å². The quantitative estimate of drug-likeness (QED) is 0.568. The highest BCUT2D eigenvalue weighted by atomic mass is 16.5. The van der Waals surface area contributed by atoms with Crippen LogP contribution in [-0.2, 0) is 9.53 Å². The molecule has 0 aromatic carbocycles. The number of hydrogen-bond acceptors (Lipinski definition) is 4. The third-order valence-electron chi connectivity index (χ3n) is 3.22. The van der Waals surface area contributed by atoms with Crippen molar-refractivity contribution < 1.29 is 9.53 Å². The van der Waals surface area contributed by atoms with E-state index in [-0.39, 0.29) is 5.97 Å². The van der Waals surface area contributed by atoms with Gasteiger partial charge in [0, 0.05) is 13.1 Å². The lowest BCUT2D eigenvalue weighted by molar-refractivity contribution is -0.149. The summed E-state index contributed by atoms with van der Waals surface area (Å²) in [5.74, 6) is -0.148. The molecule has 0 aliphatic carbocycles. The lowest BCUT2D eigenvalue weighted by Gasteiger charge is -2.30. The van der Waals surface area contributed by atoms with Gasteiger partial charge in [-0.05, 0) is 32.9 Å². The van der Waals surface area contributed by atoms with E-state index in [1.165, 1.54) is 7.11 Å². The Bertz CT molecular complexity index is 255. The molecule has 4 nitrogen and oxygen atoms in total. The van der Waals surface area contributed by atoms with Crippen molar-refractivity contribution in [2.45, 2.75) is 24.8 Å². The molecule has 16 heavy (non-hydrogen) atoms. The maximum absolute atomic E-state index is 11.9. The predicted molar refractivity (Wildman–Crippen MR) is 64.3 cm³/mol. The lowest BCUT2D eigenvalue weighted by atomic mass is 9.90. The zero-order chi connectivity index (χ0) is 12.0. The Morgan fingerprint density at radius 1 is 1.56 bits per heavy atom. The highest BCUT2D eigenvalue weighted by molar-refractivity contribution is 5.80. The second-order valence-corrected chi connectivity index (χ2v) is 4.40. The molecule has 1 unspecified atom stereocenters. The fourth-order valence-electron chi connectivity index (χ4n) is 2.19. The van der Waals surface area contributed by atoms with Crippen LogP contribution >= 0.6 is 0 Å². The second kappa shape index (κ2) is 6.01. The minimum absolute atomic E-state index is 0.148. The van der Waals surface area contributed by atoms with Crippen molar-refractivity contribution in [1.82, 2.24) is 10.2 Å². The minimum atomic E-state index is -0.520. The fourth-order valence-corrected chi connectivity index (χ4v) is 2.19. The summed E-state index contributed by atoms with van der Waals surface area (Å²) in [4.78, 5) is 14.2. The number of likely N-dealkylation sites (tertiary alicyclic amines) is 1. The first kappa shape index (κ1) is 13.2. The Labute approximate surface area is 97.6 Å². The summed E-state index contributed by atoms with van der Waals surface area (Å²) in [5.41, 5.74) is -0.520. The molecule has 0 bridgehead atoms. The van der Waals surface area contributed by atoms with E-state index in [4.69, 9.17) is 4.74 Å². The molecule has 0 aromatic heterocycles. The average Bonchev–Trinajstić information content (AvgIpc) is 2.49. The van der Waals surface area contributed by atoms with Crippen LogP contribution in [0.3, 0.4) is 0 Å². The lowest BCUT2D eigenvalue weighted by Crippen LogP contribution is -2.53. The molecule has 0 saturated carbocycles. The largest absolute Gasteiger partial charge is 0.468 e. The molecular formula is C12H22N2O2. The van der Waals surface area contributed by atoms with Crippen molar-refractivity contribution in [1.29, 1.82) is 0 Å². The molecule has 1 atom stereocenters. The SMILES string of the molecule is C=CCNC1(C(=O)OC)CCCN(C)CC1. The molecule has 0 amide bonds. The van der Waals surface area contributed by atoms with Crippen LogP contribution in [0.25, 0.3) is 0 Å². The van der Waals surface area contributed by atoms with Gasteiger partial charge in [-0.1, -0.05) is 6.08 Å². The molecule has 1 rings (SSSR count). The number of hydrogen-bond donors (Lipinski definition) is 1. The monoisotopic (exact) mass is 226 g/mol. The minimum Gasteiger partial charge on any atom is -0.468 e. The summed E-state index contributed by atoms with van der Waals surface area (Å²) < 4.78 is 4.93. The summed E-state index contributed by atoms with van der Waals surface area (Å²) in [7, 11) is 3.54. The van der Waals surface area contributed by atoms with Gasteiger partial charge in [0.05, 0.1) is 7.11 Å². The smallest absolute Gasteiger partial charge is 0.326 e. The van der Waals surface area contributed by atoms with E-state index >= 15 is 0 Å². The van der Waals surface area contributed by atoms with Gasteiger partial charge in [-0.2, -0.15) is 0 Å². The number of methoxy groups -OCH3 is 1. The van der Waals surface area contributed by atoms with E-state index in [0.29, 0.717) is 6.54 Å². The molecule has 1 N–H and O–H groups in total. The van der Waals surface area contributed by atoms with E-state index in [9.17, 15) is 4.79 Å². The van der Waals surface area contributed by atoms with Crippen molar-refractivity contribution in [3.05, 3.63) is 12.7 Å². The first-order valence-corrected chi connectivity index (χ1v) is 5.77. The number of carbonyl (C=O) groups is 1. The Morgan fingerprint density at radius 2 is 2.31 bits per heavy atom. The van der Waals surface area contributed by atoms with E-state index in [1.807, 2.05) is 0 Å². The molecule has 1 fully saturated rings. The number of ether oxygens (including phenoxy) is 1. The molecule has 0 aromatic rings. The summed E-state index contributed by atoms with van der Waals surface area (Å²) in [5, 5.41) is 3.28.